The monoisotopic (exact) mass is 468 g/mol. The summed E-state index contributed by atoms with van der Waals surface area (Å²) in [7, 11) is 0. The minimum Gasteiger partial charge on any atom is -0.449 e. The number of carbonyl (C=O) groups excluding carboxylic acids is 2. The Bertz CT molecular complexity index is 968. The number of anilines is 1. The molecule has 0 saturated heterocycles. The lowest BCUT2D eigenvalue weighted by Crippen LogP contribution is -2.44. The van der Waals surface area contributed by atoms with Gasteiger partial charge in [0.1, 0.15) is 6.04 Å². The van der Waals surface area contributed by atoms with Crippen LogP contribution in [0.2, 0.25) is 10.0 Å². The standard InChI is InChI=1S/C21H22Cl2N2O4S/c1-21(2)28-17-7-5-13(11-18(17)29-21)24-20(27)16(8-9-30-3)25-19(26)14-6-4-12(22)10-15(14)23/h4-7,10-11,16H,8-9H2,1-3H3,(H,24,27)(H,25,26). The van der Waals surface area contributed by atoms with E-state index in [4.69, 9.17) is 32.7 Å². The van der Waals surface area contributed by atoms with Crippen LogP contribution in [0.25, 0.3) is 0 Å². The molecule has 0 aromatic heterocycles. The molecular formula is C21H22Cl2N2O4S. The van der Waals surface area contributed by atoms with Gasteiger partial charge in [-0.15, -0.1) is 0 Å². The Hall–Kier alpha value is -2.09. The third-order valence-electron chi connectivity index (χ3n) is 4.33. The predicted octanol–water partition coefficient (Wildman–Crippen LogP) is 4.99. The van der Waals surface area contributed by atoms with E-state index in [2.05, 4.69) is 10.6 Å². The highest BCUT2D eigenvalue weighted by Gasteiger charge is 2.32. The van der Waals surface area contributed by atoms with Crippen molar-refractivity contribution in [2.24, 2.45) is 0 Å². The van der Waals surface area contributed by atoms with E-state index in [-0.39, 0.29) is 16.5 Å². The number of halogens is 2. The maximum Gasteiger partial charge on any atom is 0.253 e. The quantitative estimate of drug-likeness (QED) is 0.598. The Morgan fingerprint density at radius 2 is 1.83 bits per heavy atom. The van der Waals surface area contributed by atoms with E-state index in [9.17, 15) is 9.59 Å². The van der Waals surface area contributed by atoms with Crippen LogP contribution in [0.3, 0.4) is 0 Å². The minimum atomic E-state index is -0.752. The van der Waals surface area contributed by atoms with Crippen molar-refractivity contribution in [3.8, 4) is 11.5 Å². The number of rotatable bonds is 7. The molecule has 0 bridgehead atoms. The van der Waals surface area contributed by atoms with Crippen molar-refractivity contribution < 1.29 is 19.1 Å². The van der Waals surface area contributed by atoms with Gasteiger partial charge in [0.2, 0.25) is 11.7 Å². The summed E-state index contributed by atoms with van der Waals surface area (Å²) in [6.07, 6.45) is 2.40. The lowest BCUT2D eigenvalue weighted by Gasteiger charge is -2.19. The fraction of sp³-hybridized carbons (Fsp3) is 0.333. The number of ether oxygens (including phenoxy) is 2. The zero-order chi connectivity index (χ0) is 21.9. The number of fused-ring (bicyclic) bond motifs is 1. The molecule has 1 heterocycles. The molecule has 9 heteroatoms. The molecule has 1 atom stereocenters. The van der Waals surface area contributed by atoms with Gasteiger partial charge in [0.15, 0.2) is 11.5 Å². The summed E-state index contributed by atoms with van der Waals surface area (Å²) in [5.41, 5.74) is 0.807. The van der Waals surface area contributed by atoms with Gasteiger partial charge in [0.05, 0.1) is 10.6 Å². The zero-order valence-corrected chi connectivity index (χ0v) is 19.1. The summed E-state index contributed by atoms with van der Waals surface area (Å²) in [6.45, 7) is 3.61. The second-order valence-electron chi connectivity index (χ2n) is 7.19. The smallest absolute Gasteiger partial charge is 0.253 e. The van der Waals surface area contributed by atoms with E-state index in [0.717, 1.165) is 0 Å². The lowest BCUT2D eigenvalue weighted by atomic mass is 10.1. The van der Waals surface area contributed by atoms with Gasteiger partial charge in [0.25, 0.3) is 5.91 Å². The van der Waals surface area contributed by atoms with E-state index in [1.54, 1.807) is 49.9 Å². The number of nitrogens with one attached hydrogen (secondary N) is 2. The van der Waals surface area contributed by atoms with Crippen molar-refractivity contribution in [3.63, 3.8) is 0 Å². The minimum absolute atomic E-state index is 0.224. The van der Waals surface area contributed by atoms with Gasteiger partial charge in [0, 0.05) is 30.6 Å². The van der Waals surface area contributed by atoms with Crippen LogP contribution in [-0.2, 0) is 4.79 Å². The van der Waals surface area contributed by atoms with Crippen molar-refractivity contribution in [3.05, 3.63) is 52.0 Å². The third-order valence-corrected chi connectivity index (χ3v) is 5.52. The van der Waals surface area contributed by atoms with Gasteiger partial charge in [-0.3, -0.25) is 9.59 Å². The number of thioether (sulfide) groups is 1. The van der Waals surface area contributed by atoms with Gasteiger partial charge in [-0.05, 0) is 48.8 Å². The Morgan fingerprint density at radius 3 is 2.53 bits per heavy atom. The van der Waals surface area contributed by atoms with Crippen molar-refractivity contribution >= 4 is 52.5 Å². The molecular weight excluding hydrogens is 447 g/mol. The SMILES string of the molecule is CSCCC(NC(=O)c1ccc(Cl)cc1Cl)C(=O)Nc1ccc2c(c1)OC(C)(C)O2. The maximum absolute atomic E-state index is 12.9. The Balaban J connectivity index is 1.72. The largest absolute Gasteiger partial charge is 0.449 e. The van der Waals surface area contributed by atoms with Gasteiger partial charge in [-0.2, -0.15) is 11.8 Å². The number of hydrogen-bond donors (Lipinski definition) is 2. The van der Waals surface area contributed by atoms with Crippen molar-refractivity contribution in [1.29, 1.82) is 0 Å². The molecule has 1 aliphatic rings. The molecule has 0 spiro atoms. The van der Waals surface area contributed by atoms with E-state index < -0.39 is 17.7 Å². The van der Waals surface area contributed by atoms with Crippen LogP contribution < -0.4 is 20.1 Å². The Kier molecular flexibility index (Phi) is 7.06. The molecule has 2 aromatic carbocycles. The van der Waals surface area contributed by atoms with E-state index in [1.807, 2.05) is 6.26 Å². The highest BCUT2D eigenvalue weighted by Crippen LogP contribution is 2.40. The van der Waals surface area contributed by atoms with Gasteiger partial charge in [-0.1, -0.05) is 23.2 Å². The average Bonchev–Trinajstić information content (AvgIpc) is 2.97. The molecule has 3 rings (SSSR count). The first-order chi connectivity index (χ1) is 14.2. The predicted molar refractivity (Wildman–Crippen MR) is 121 cm³/mol. The van der Waals surface area contributed by atoms with E-state index in [0.29, 0.717) is 34.4 Å². The first kappa shape index (κ1) is 22.6. The highest BCUT2D eigenvalue weighted by molar-refractivity contribution is 7.98. The average molecular weight is 469 g/mol. The van der Waals surface area contributed by atoms with Crippen LogP contribution in [0.15, 0.2) is 36.4 Å². The van der Waals surface area contributed by atoms with Gasteiger partial charge in [-0.25, -0.2) is 0 Å². The van der Waals surface area contributed by atoms with Crippen molar-refractivity contribution in [1.82, 2.24) is 5.32 Å². The fourth-order valence-electron chi connectivity index (χ4n) is 2.94. The second-order valence-corrected chi connectivity index (χ2v) is 9.02. The van der Waals surface area contributed by atoms with Gasteiger partial charge < -0.3 is 20.1 Å². The molecule has 2 N–H and O–H groups in total. The molecule has 160 valence electrons. The molecule has 1 unspecified atom stereocenters. The van der Waals surface area contributed by atoms with Crippen molar-refractivity contribution in [2.75, 3.05) is 17.3 Å². The van der Waals surface area contributed by atoms with Crippen LogP contribution in [-0.4, -0.2) is 35.7 Å². The van der Waals surface area contributed by atoms with Crippen LogP contribution in [0.1, 0.15) is 30.6 Å². The first-order valence-electron chi connectivity index (χ1n) is 9.26. The summed E-state index contributed by atoms with van der Waals surface area (Å²) in [5, 5.41) is 6.26. The molecule has 2 amide bonds. The van der Waals surface area contributed by atoms with Crippen LogP contribution in [0, 0.1) is 0 Å². The van der Waals surface area contributed by atoms with Crippen LogP contribution in [0.4, 0.5) is 5.69 Å². The molecule has 6 nitrogen and oxygen atoms in total. The first-order valence-corrected chi connectivity index (χ1v) is 11.4. The molecule has 0 aliphatic carbocycles. The molecule has 0 radical (unpaired) electrons. The zero-order valence-electron chi connectivity index (χ0n) is 16.8. The fourth-order valence-corrected chi connectivity index (χ4v) is 3.91. The second kappa shape index (κ2) is 9.37. The number of benzene rings is 2. The molecule has 30 heavy (non-hydrogen) atoms. The van der Waals surface area contributed by atoms with Crippen LogP contribution >= 0.6 is 35.0 Å². The Labute approximate surface area is 189 Å². The van der Waals surface area contributed by atoms with E-state index in [1.165, 1.54) is 12.1 Å². The third kappa shape index (κ3) is 5.53. The summed E-state index contributed by atoms with van der Waals surface area (Å²) < 4.78 is 11.4. The normalized spacial score (nSPS) is 14.8. The number of amides is 2. The topological polar surface area (TPSA) is 76.7 Å². The molecule has 0 saturated carbocycles. The summed E-state index contributed by atoms with van der Waals surface area (Å²) in [5.74, 6) is 0.337. The van der Waals surface area contributed by atoms with Gasteiger partial charge >= 0.3 is 0 Å². The number of carbonyl (C=O) groups is 2. The summed E-state index contributed by atoms with van der Waals surface area (Å²) in [4.78, 5) is 25.6. The van der Waals surface area contributed by atoms with E-state index >= 15 is 0 Å². The summed E-state index contributed by atoms with van der Waals surface area (Å²) in [6, 6.07) is 9.03. The van der Waals surface area contributed by atoms with Crippen LogP contribution in [0.5, 0.6) is 11.5 Å². The molecule has 2 aromatic rings. The van der Waals surface area contributed by atoms with Crippen molar-refractivity contribution in [2.45, 2.75) is 32.1 Å². The number of hydrogen-bond acceptors (Lipinski definition) is 5. The highest BCUT2D eigenvalue weighted by atomic mass is 35.5. The Morgan fingerprint density at radius 1 is 1.10 bits per heavy atom. The maximum atomic E-state index is 12.9. The molecule has 0 fully saturated rings. The molecule has 1 aliphatic heterocycles. The lowest BCUT2D eigenvalue weighted by molar-refractivity contribution is -0.118. The summed E-state index contributed by atoms with van der Waals surface area (Å²) >= 11 is 13.6.